The molecule has 0 bridgehead atoms. The van der Waals surface area contributed by atoms with Crippen LogP contribution >= 0.6 is 0 Å². The van der Waals surface area contributed by atoms with E-state index in [1.165, 1.54) is 0 Å². The van der Waals surface area contributed by atoms with Gasteiger partial charge in [0.05, 0.1) is 29.5 Å². The van der Waals surface area contributed by atoms with Gasteiger partial charge in [0.2, 0.25) is 0 Å². The molecule has 3 aliphatic carbocycles. The minimum atomic E-state index is -2.10. The van der Waals surface area contributed by atoms with Crippen LogP contribution in [0, 0.1) is 28.6 Å². The van der Waals surface area contributed by atoms with Gasteiger partial charge in [-0.3, -0.25) is 9.59 Å². The maximum atomic E-state index is 14.7. The zero-order valence-electron chi connectivity index (χ0n) is 30.4. The summed E-state index contributed by atoms with van der Waals surface area (Å²) in [6.07, 6.45) is 6.01. The van der Waals surface area contributed by atoms with Crippen molar-refractivity contribution in [1.29, 1.82) is 0 Å². The number of Topliss-reactive ketones (excluding diaryl/α,β-unsaturated/α-hetero) is 2. The topological polar surface area (TPSA) is 80.3 Å². The van der Waals surface area contributed by atoms with Crippen molar-refractivity contribution < 1.29 is 32.8 Å². The third kappa shape index (κ3) is 5.51. The van der Waals surface area contributed by atoms with Gasteiger partial charge in [0.1, 0.15) is 11.6 Å². The molecule has 7 atom stereocenters. The molecule has 7 nitrogen and oxygen atoms in total. The summed E-state index contributed by atoms with van der Waals surface area (Å²) in [7, 11) is -2.57. The molecule has 0 N–H and O–H groups in total. The maximum Gasteiger partial charge on any atom is 0.489 e. The first-order valence-corrected chi connectivity index (χ1v) is 20.4. The Balaban J connectivity index is 1.54. The first-order chi connectivity index (χ1) is 20.8. The molecule has 2 saturated heterocycles. The smallest absolute Gasteiger partial charge is 0.410 e. The second kappa shape index (κ2) is 11.6. The van der Waals surface area contributed by atoms with Crippen LogP contribution in [0.5, 0.6) is 0 Å². The van der Waals surface area contributed by atoms with Crippen molar-refractivity contribution in [3.63, 3.8) is 0 Å². The van der Waals surface area contributed by atoms with Gasteiger partial charge in [0.15, 0.2) is 14.1 Å². The molecule has 0 aromatic rings. The highest BCUT2D eigenvalue weighted by molar-refractivity contribution is 6.73. The van der Waals surface area contributed by atoms with Crippen LogP contribution in [0.4, 0.5) is 0 Å². The van der Waals surface area contributed by atoms with Crippen molar-refractivity contribution in [2.75, 3.05) is 6.61 Å². The Labute approximate surface area is 274 Å². The predicted octanol–water partition coefficient (Wildman–Crippen LogP) is 7.86. The van der Waals surface area contributed by atoms with Gasteiger partial charge in [-0.25, -0.2) is 0 Å². The highest BCUT2D eigenvalue weighted by Crippen LogP contribution is 2.69. The van der Waals surface area contributed by atoms with Crippen molar-refractivity contribution in [2.24, 2.45) is 28.6 Å². The van der Waals surface area contributed by atoms with Crippen molar-refractivity contribution in [3.8, 4) is 0 Å². The van der Waals surface area contributed by atoms with Crippen molar-refractivity contribution >= 4 is 27.0 Å². The Hall–Kier alpha value is -0.838. The summed E-state index contributed by atoms with van der Waals surface area (Å²) in [6, 6.07) is 3.16. The Kier molecular flexibility index (Phi) is 9.18. The molecule has 1 unspecified atom stereocenters. The largest absolute Gasteiger partial charge is 0.489 e. The number of hydrogen-bond acceptors (Lipinski definition) is 7. The summed E-state index contributed by atoms with van der Waals surface area (Å²) in [5.41, 5.74) is -1.57. The summed E-state index contributed by atoms with van der Waals surface area (Å²) < 4.78 is 33.0. The van der Waals surface area contributed by atoms with Gasteiger partial charge in [-0.15, -0.1) is 0 Å². The number of ether oxygens (including phenoxy) is 2. The van der Waals surface area contributed by atoms with Gasteiger partial charge in [-0.2, -0.15) is 0 Å². The normalized spacial score (nSPS) is 41.0. The molecule has 254 valence electrons. The molecule has 9 heteroatoms. The van der Waals surface area contributed by atoms with Crippen LogP contribution in [0.1, 0.15) is 122 Å². The van der Waals surface area contributed by atoms with Gasteiger partial charge < -0.3 is 23.2 Å². The zero-order valence-corrected chi connectivity index (χ0v) is 31.4. The lowest BCUT2D eigenvalue weighted by atomic mass is 9.46. The number of rotatable bonds is 9. The third-order valence-electron chi connectivity index (χ3n) is 13.8. The fourth-order valence-electron chi connectivity index (χ4n) is 9.93. The summed E-state index contributed by atoms with van der Waals surface area (Å²) in [5.74, 6) is -0.421. The van der Waals surface area contributed by atoms with E-state index in [4.69, 9.17) is 23.2 Å². The van der Waals surface area contributed by atoms with Crippen LogP contribution in [-0.2, 0) is 32.8 Å². The average molecular weight is 645 g/mol. The number of hydrogen-bond donors (Lipinski definition) is 0. The van der Waals surface area contributed by atoms with E-state index in [0.29, 0.717) is 32.3 Å². The minimum absolute atomic E-state index is 0.00569. The molecule has 2 heterocycles. The quantitative estimate of drug-likeness (QED) is 0.237. The van der Waals surface area contributed by atoms with Gasteiger partial charge in [-0.1, -0.05) is 40.7 Å². The summed E-state index contributed by atoms with van der Waals surface area (Å²) in [5, 5.41) is 0. The Morgan fingerprint density at radius 1 is 0.933 bits per heavy atom. The van der Waals surface area contributed by atoms with Crippen molar-refractivity contribution in [2.45, 2.75) is 168 Å². The average Bonchev–Trinajstić information content (AvgIpc) is 3.54. The molecule has 0 aromatic carbocycles. The standard InChI is InChI=1S/C36H61BO7Si/c1-13-45(14-2,15-3)44-36-21-19-25(28-23-40-33(9,10)41-28)35(36,12)22-27(38)30-26(36)16-17-29(39)34(30,11)20-18-24(4)37-42-31(5,6)32(7,8)43-37/h18,25-26,28,30H,13-17,19-23H2,1-12H3/b24-18+/t25-,26-,28?,30-,34+,35-,36+/m1/s1. The van der Waals surface area contributed by atoms with Crippen LogP contribution in [0.2, 0.25) is 18.1 Å². The third-order valence-corrected chi connectivity index (χ3v) is 18.5. The number of fused-ring (bicyclic) bond motifs is 3. The molecule has 5 rings (SSSR count). The first kappa shape index (κ1) is 35.5. The first-order valence-electron chi connectivity index (χ1n) is 17.9. The van der Waals surface area contributed by atoms with E-state index in [2.05, 4.69) is 68.4 Å². The Bertz CT molecular complexity index is 1190. The fourth-order valence-corrected chi connectivity index (χ4v) is 13.1. The molecular weight excluding hydrogens is 583 g/mol. The molecule has 45 heavy (non-hydrogen) atoms. The molecule has 3 saturated carbocycles. The molecule has 0 aromatic heterocycles. The zero-order chi connectivity index (χ0) is 33.4. The molecule has 0 spiro atoms. The van der Waals surface area contributed by atoms with E-state index < -0.39 is 43.4 Å². The predicted molar refractivity (Wildman–Crippen MR) is 180 cm³/mol. The number of ketones is 2. The van der Waals surface area contributed by atoms with E-state index >= 15 is 0 Å². The fraction of sp³-hybridized carbons (Fsp3) is 0.889. The lowest BCUT2D eigenvalue weighted by Gasteiger charge is -2.63. The summed E-state index contributed by atoms with van der Waals surface area (Å²) >= 11 is 0. The molecule has 0 amide bonds. The van der Waals surface area contributed by atoms with E-state index in [1.807, 2.05) is 20.8 Å². The molecule has 5 aliphatic rings. The Morgan fingerprint density at radius 3 is 2.07 bits per heavy atom. The monoisotopic (exact) mass is 644 g/mol. The lowest BCUT2D eigenvalue weighted by Crippen LogP contribution is -2.68. The molecule has 5 fully saturated rings. The number of carbonyl (C=O) groups is 2. The van der Waals surface area contributed by atoms with Gasteiger partial charge >= 0.3 is 7.12 Å². The SMILES string of the molecule is CC[Si](CC)(CC)O[C@]12CC[C@H](C3COC(C)(C)O3)[C@@]1(C)CC(=O)[C@H]1[C@H]2CCC(=O)[C@]1(C)C/C=C(\C)B1OC(C)(C)C(C)(C)O1. The van der Waals surface area contributed by atoms with Crippen LogP contribution < -0.4 is 0 Å². The lowest BCUT2D eigenvalue weighted by molar-refractivity contribution is -0.198. The van der Waals surface area contributed by atoms with Gasteiger partial charge in [0, 0.05) is 29.6 Å². The maximum absolute atomic E-state index is 14.7. The summed E-state index contributed by atoms with van der Waals surface area (Å²) in [6.45, 7) is 26.0. The van der Waals surface area contributed by atoms with E-state index in [1.54, 1.807) is 0 Å². The van der Waals surface area contributed by atoms with Crippen molar-refractivity contribution in [3.05, 3.63) is 11.5 Å². The molecular formula is C36H61BO7Si. The van der Waals surface area contributed by atoms with E-state index in [0.717, 1.165) is 36.4 Å². The van der Waals surface area contributed by atoms with Crippen LogP contribution in [0.15, 0.2) is 11.5 Å². The van der Waals surface area contributed by atoms with Crippen molar-refractivity contribution in [1.82, 2.24) is 0 Å². The number of allylic oxidation sites excluding steroid dienone is 2. The number of carbonyl (C=O) groups excluding carboxylic acids is 2. The van der Waals surface area contributed by atoms with Crippen LogP contribution in [-0.4, -0.2) is 62.3 Å². The molecule has 0 radical (unpaired) electrons. The summed E-state index contributed by atoms with van der Waals surface area (Å²) in [4.78, 5) is 28.7. The van der Waals surface area contributed by atoms with Gasteiger partial charge in [0.25, 0.3) is 0 Å². The molecule has 2 aliphatic heterocycles. The second-order valence-electron chi connectivity index (χ2n) is 17.0. The van der Waals surface area contributed by atoms with E-state index in [9.17, 15) is 9.59 Å². The Morgan fingerprint density at radius 2 is 1.53 bits per heavy atom. The highest BCUT2D eigenvalue weighted by atomic mass is 28.4. The minimum Gasteiger partial charge on any atom is -0.410 e. The second-order valence-corrected chi connectivity index (χ2v) is 21.7. The highest BCUT2D eigenvalue weighted by Gasteiger charge is 2.72. The van der Waals surface area contributed by atoms with Crippen LogP contribution in [0.3, 0.4) is 0 Å². The van der Waals surface area contributed by atoms with Gasteiger partial charge in [-0.05, 0) is 110 Å². The van der Waals surface area contributed by atoms with Crippen LogP contribution in [0.25, 0.3) is 0 Å². The van der Waals surface area contributed by atoms with E-state index in [-0.39, 0.29) is 40.8 Å².